The second-order valence-electron chi connectivity index (χ2n) is 3.37. The summed E-state index contributed by atoms with van der Waals surface area (Å²) in [5.74, 6) is -0.222. The first kappa shape index (κ1) is 11.8. The summed E-state index contributed by atoms with van der Waals surface area (Å²) in [5.41, 5.74) is 0.603. The molecule has 3 heteroatoms. The van der Waals surface area contributed by atoms with Crippen LogP contribution < -0.4 is 0 Å². The number of halogens is 3. The SMILES string of the molecule is CC(Cl)CCCc1c(F)cccc1Cl. The minimum atomic E-state index is -0.222. The molecule has 1 rings (SSSR count). The average molecular weight is 235 g/mol. The molecule has 0 nitrogen and oxygen atoms in total. The Bertz CT molecular complexity index is 277. The molecule has 1 unspecified atom stereocenters. The molecule has 1 aromatic rings. The Morgan fingerprint density at radius 3 is 2.71 bits per heavy atom. The fourth-order valence-corrected chi connectivity index (χ4v) is 1.74. The number of hydrogen-bond donors (Lipinski definition) is 0. The molecule has 0 spiro atoms. The van der Waals surface area contributed by atoms with Crippen LogP contribution in [0.4, 0.5) is 4.39 Å². The third-order valence-corrected chi connectivity index (χ3v) is 2.66. The first-order chi connectivity index (χ1) is 6.61. The van der Waals surface area contributed by atoms with E-state index < -0.39 is 0 Å². The molecule has 1 aromatic carbocycles. The van der Waals surface area contributed by atoms with E-state index in [-0.39, 0.29) is 11.2 Å². The normalized spacial score (nSPS) is 12.9. The van der Waals surface area contributed by atoms with Crippen molar-refractivity contribution in [3.05, 3.63) is 34.6 Å². The Morgan fingerprint density at radius 2 is 2.14 bits per heavy atom. The summed E-state index contributed by atoms with van der Waals surface area (Å²) in [7, 11) is 0. The fraction of sp³-hybridized carbons (Fsp3) is 0.455. The maximum Gasteiger partial charge on any atom is 0.127 e. The molecule has 78 valence electrons. The van der Waals surface area contributed by atoms with E-state index >= 15 is 0 Å². The van der Waals surface area contributed by atoms with Crippen molar-refractivity contribution in [1.29, 1.82) is 0 Å². The summed E-state index contributed by atoms with van der Waals surface area (Å²) in [5, 5.41) is 0.646. The number of benzene rings is 1. The van der Waals surface area contributed by atoms with E-state index in [2.05, 4.69) is 0 Å². The highest BCUT2D eigenvalue weighted by atomic mass is 35.5. The Kier molecular flexibility index (Phi) is 4.70. The number of hydrogen-bond acceptors (Lipinski definition) is 0. The average Bonchev–Trinajstić information content (AvgIpc) is 2.09. The molecule has 0 bridgehead atoms. The summed E-state index contributed by atoms with van der Waals surface area (Å²) in [6.45, 7) is 1.94. The Balaban J connectivity index is 2.58. The molecule has 0 fully saturated rings. The maximum atomic E-state index is 13.3. The van der Waals surface area contributed by atoms with Crippen LogP contribution in [0.1, 0.15) is 25.3 Å². The van der Waals surface area contributed by atoms with Crippen molar-refractivity contribution in [3.63, 3.8) is 0 Å². The van der Waals surface area contributed by atoms with Gasteiger partial charge in [-0.05, 0) is 38.3 Å². The fourth-order valence-electron chi connectivity index (χ4n) is 1.33. The molecule has 0 aliphatic heterocycles. The molecule has 0 saturated heterocycles. The topological polar surface area (TPSA) is 0 Å². The lowest BCUT2D eigenvalue weighted by Crippen LogP contribution is -1.96. The van der Waals surface area contributed by atoms with Gasteiger partial charge in [0.15, 0.2) is 0 Å². The van der Waals surface area contributed by atoms with Gasteiger partial charge in [0, 0.05) is 16.0 Å². The van der Waals surface area contributed by atoms with Crippen LogP contribution in [0.2, 0.25) is 5.02 Å². The summed E-state index contributed by atoms with van der Waals surface area (Å²) >= 11 is 11.7. The van der Waals surface area contributed by atoms with Gasteiger partial charge in [-0.25, -0.2) is 4.39 Å². The standard InChI is InChI=1S/C11H13Cl2F/c1-8(12)4-2-5-9-10(13)6-3-7-11(9)14/h3,6-8H,2,4-5H2,1H3. The van der Waals surface area contributed by atoms with Gasteiger partial charge in [-0.1, -0.05) is 17.7 Å². The van der Waals surface area contributed by atoms with Crippen molar-refractivity contribution in [2.45, 2.75) is 31.6 Å². The van der Waals surface area contributed by atoms with E-state index in [1.54, 1.807) is 12.1 Å². The Hall–Kier alpha value is -0.270. The van der Waals surface area contributed by atoms with Crippen LogP contribution in [0.3, 0.4) is 0 Å². The third kappa shape index (κ3) is 3.47. The Labute approximate surface area is 94.0 Å². The van der Waals surface area contributed by atoms with Crippen LogP contribution >= 0.6 is 23.2 Å². The predicted octanol–water partition coefficient (Wildman–Crippen LogP) is 4.43. The van der Waals surface area contributed by atoms with Gasteiger partial charge < -0.3 is 0 Å². The minimum Gasteiger partial charge on any atom is -0.207 e. The van der Waals surface area contributed by atoms with Gasteiger partial charge in [0.1, 0.15) is 5.82 Å². The third-order valence-electron chi connectivity index (χ3n) is 2.09. The van der Waals surface area contributed by atoms with Gasteiger partial charge in [-0.3, -0.25) is 0 Å². The van der Waals surface area contributed by atoms with Crippen LogP contribution in [-0.2, 0) is 6.42 Å². The van der Waals surface area contributed by atoms with Gasteiger partial charge in [0.25, 0.3) is 0 Å². The zero-order valence-corrected chi connectivity index (χ0v) is 9.58. The summed E-state index contributed by atoms with van der Waals surface area (Å²) in [6.07, 6.45) is 2.40. The van der Waals surface area contributed by atoms with Crippen molar-refractivity contribution >= 4 is 23.2 Å². The van der Waals surface area contributed by atoms with Gasteiger partial charge in [-0.2, -0.15) is 0 Å². The highest BCUT2D eigenvalue weighted by Crippen LogP contribution is 2.21. The van der Waals surface area contributed by atoms with Crippen molar-refractivity contribution in [3.8, 4) is 0 Å². The lowest BCUT2D eigenvalue weighted by Gasteiger charge is -2.06. The molecule has 0 aliphatic rings. The zero-order chi connectivity index (χ0) is 10.6. The molecule has 0 heterocycles. The first-order valence-corrected chi connectivity index (χ1v) is 5.49. The molecule has 14 heavy (non-hydrogen) atoms. The van der Waals surface area contributed by atoms with Gasteiger partial charge >= 0.3 is 0 Å². The highest BCUT2D eigenvalue weighted by molar-refractivity contribution is 6.31. The van der Waals surface area contributed by atoms with Crippen molar-refractivity contribution < 1.29 is 4.39 Å². The Morgan fingerprint density at radius 1 is 1.43 bits per heavy atom. The number of alkyl halides is 1. The summed E-state index contributed by atoms with van der Waals surface area (Å²) < 4.78 is 13.3. The molecular formula is C11H13Cl2F. The molecule has 1 atom stereocenters. The molecule has 0 aromatic heterocycles. The van der Waals surface area contributed by atoms with Gasteiger partial charge in [-0.15, -0.1) is 11.6 Å². The minimum absolute atomic E-state index is 0.139. The molecule has 0 N–H and O–H groups in total. The van der Waals surface area contributed by atoms with Crippen molar-refractivity contribution in [2.24, 2.45) is 0 Å². The highest BCUT2D eigenvalue weighted by Gasteiger charge is 2.06. The zero-order valence-electron chi connectivity index (χ0n) is 8.06. The van der Waals surface area contributed by atoms with Crippen LogP contribution in [-0.4, -0.2) is 5.38 Å². The van der Waals surface area contributed by atoms with Crippen LogP contribution in [0, 0.1) is 5.82 Å². The number of rotatable bonds is 4. The first-order valence-electron chi connectivity index (χ1n) is 4.68. The van der Waals surface area contributed by atoms with E-state index in [1.165, 1.54) is 6.07 Å². The molecule has 0 aliphatic carbocycles. The van der Waals surface area contributed by atoms with E-state index in [4.69, 9.17) is 23.2 Å². The molecule has 0 amide bonds. The van der Waals surface area contributed by atoms with E-state index in [9.17, 15) is 4.39 Å². The predicted molar refractivity (Wildman–Crippen MR) is 59.7 cm³/mol. The van der Waals surface area contributed by atoms with Crippen LogP contribution in [0.5, 0.6) is 0 Å². The van der Waals surface area contributed by atoms with Crippen LogP contribution in [0.15, 0.2) is 18.2 Å². The van der Waals surface area contributed by atoms with Gasteiger partial charge in [0.2, 0.25) is 0 Å². The quantitative estimate of drug-likeness (QED) is 0.677. The van der Waals surface area contributed by atoms with E-state index in [1.807, 2.05) is 6.92 Å². The van der Waals surface area contributed by atoms with E-state index in [0.29, 0.717) is 17.0 Å². The molecule has 0 saturated carbocycles. The molecule has 0 radical (unpaired) electrons. The summed E-state index contributed by atoms with van der Waals surface area (Å²) in [6, 6.07) is 4.76. The second-order valence-corrected chi connectivity index (χ2v) is 4.53. The van der Waals surface area contributed by atoms with Gasteiger partial charge in [0.05, 0.1) is 0 Å². The largest absolute Gasteiger partial charge is 0.207 e. The van der Waals surface area contributed by atoms with Crippen molar-refractivity contribution in [2.75, 3.05) is 0 Å². The second kappa shape index (κ2) is 5.57. The maximum absolute atomic E-state index is 13.3. The van der Waals surface area contributed by atoms with E-state index in [0.717, 1.165) is 12.8 Å². The van der Waals surface area contributed by atoms with Crippen LogP contribution in [0.25, 0.3) is 0 Å². The van der Waals surface area contributed by atoms with Crippen molar-refractivity contribution in [1.82, 2.24) is 0 Å². The smallest absolute Gasteiger partial charge is 0.127 e. The molecular weight excluding hydrogens is 222 g/mol. The lowest BCUT2D eigenvalue weighted by atomic mass is 10.1. The summed E-state index contributed by atoms with van der Waals surface area (Å²) in [4.78, 5) is 0. The monoisotopic (exact) mass is 234 g/mol. The lowest BCUT2D eigenvalue weighted by molar-refractivity contribution is 0.599.